The molecule has 1 aromatic carbocycles. The maximum atomic E-state index is 13.1. The third-order valence-electron chi connectivity index (χ3n) is 5.11. The number of nitrogens with zero attached hydrogens (tertiary/aromatic N) is 3. The lowest BCUT2D eigenvalue weighted by atomic mass is 10.0. The fourth-order valence-electron chi connectivity index (χ4n) is 3.46. The first kappa shape index (κ1) is 20.0. The van der Waals surface area contributed by atoms with Gasteiger partial charge < -0.3 is 10.2 Å². The number of piperazine rings is 1. The number of aryl methyl sites for hydroxylation is 1. The van der Waals surface area contributed by atoms with Gasteiger partial charge in [-0.25, -0.2) is 8.42 Å². The van der Waals surface area contributed by atoms with E-state index in [4.69, 9.17) is 0 Å². The molecule has 0 bridgehead atoms. The summed E-state index contributed by atoms with van der Waals surface area (Å²) in [6, 6.07) is 7.17. The molecule has 2 saturated heterocycles. The summed E-state index contributed by atoms with van der Waals surface area (Å²) in [5, 5.41) is 3.91. The van der Waals surface area contributed by atoms with Gasteiger partial charge in [0.1, 0.15) is 4.90 Å². The number of hydrogen-bond acceptors (Lipinski definition) is 5. The predicted molar refractivity (Wildman–Crippen MR) is 105 cm³/mol. The van der Waals surface area contributed by atoms with Crippen molar-refractivity contribution in [3.63, 3.8) is 0 Å². The first-order valence-electron chi connectivity index (χ1n) is 8.82. The Morgan fingerprint density at radius 2 is 1.89 bits per heavy atom. The van der Waals surface area contributed by atoms with Gasteiger partial charge in [-0.15, -0.1) is 12.4 Å². The lowest BCUT2D eigenvalue weighted by molar-refractivity contribution is -0.138. The number of carbonyl (C=O) groups is 1. The van der Waals surface area contributed by atoms with Crippen molar-refractivity contribution in [1.29, 1.82) is 0 Å². The van der Waals surface area contributed by atoms with Crippen molar-refractivity contribution in [2.24, 2.45) is 5.92 Å². The molecule has 146 valence electrons. The minimum Gasteiger partial charge on any atom is -0.340 e. The number of pyridine rings is 1. The summed E-state index contributed by atoms with van der Waals surface area (Å²) in [6.45, 7) is 4.88. The lowest BCUT2D eigenvalue weighted by Gasteiger charge is -2.38. The highest BCUT2D eigenvalue weighted by Gasteiger charge is 2.35. The van der Waals surface area contributed by atoms with E-state index in [9.17, 15) is 13.2 Å². The maximum Gasteiger partial charge on any atom is 0.245 e. The molecule has 0 aliphatic carbocycles. The summed E-state index contributed by atoms with van der Waals surface area (Å²) in [5.41, 5.74) is 1.49. The van der Waals surface area contributed by atoms with Crippen LogP contribution >= 0.6 is 12.4 Å². The number of fused-ring (bicyclic) bond motifs is 1. The zero-order chi connectivity index (χ0) is 18.3. The second-order valence-electron chi connectivity index (χ2n) is 6.93. The summed E-state index contributed by atoms with van der Waals surface area (Å²) in [6.07, 6.45) is 1.69. The number of para-hydroxylation sites is 1. The van der Waals surface area contributed by atoms with Gasteiger partial charge in [0.05, 0.1) is 11.4 Å². The van der Waals surface area contributed by atoms with Crippen LogP contribution in [-0.4, -0.2) is 67.8 Å². The largest absolute Gasteiger partial charge is 0.340 e. The third kappa shape index (κ3) is 3.67. The van der Waals surface area contributed by atoms with E-state index in [1.807, 2.05) is 19.1 Å². The molecule has 1 amide bonds. The Morgan fingerprint density at radius 1 is 1.19 bits per heavy atom. The second kappa shape index (κ2) is 7.71. The van der Waals surface area contributed by atoms with Crippen LogP contribution in [0.2, 0.25) is 0 Å². The second-order valence-corrected chi connectivity index (χ2v) is 8.83. The Labute approximate surface area is 165 Å². The molecule has 2 aromatic rings. The quantitative estimate of drug-likeness (QED) is 0.816. The Balaban J connectivity index is 0.00000210. The topological polar surface area (TPSA) is 82.6 Å². The molecule has 0 saturated carbocycles. The third-order valence-corrected chi connectivity index (χ3v) is 7.04. The number of carbonyl (C=O) groups excluding carboxylic acids is 1. The average Bonchev–Trinajstić information content (AvgIpc) is 2.59. The van der Waals surface area contributed by atoms with Crippen molar-refractivity contribution in [2.45, 2.75) is 11.8 Å². The van der Waals surface area contributed by atoms with E-state index in [2.05, 4.69) is 10.3 Å². The van der Waals surface area contributed by atoms with Crippen LogP contribution in [0.4, 0.5) is 0 Å². The van der Waals surface area contributed by atoms with E-state index in [1.54, 1.807) is 23.2 Å². The lowest BCUT2D eigenvalue weighted by Crippen LogP contribution is -2.57. The van der Waals surface area contributed by atoms with Crippen LogP contribution in [0.15, 0.2) is 35.4 Å². The van der Waals surface area contributed by atoms with Gasteiger partial charge in [-0.3, -0.25) is 9.78 Å². The number of amides is 1. The molecule has 0 atom stereocenters. The van der Waals surface area contributed by atoms with Gasteiger partial charge >= 0.3 is 0 Å². The molecular formula is C18H23ClN4O3S. The van der Waals surface area contributed by atoms with Gasteiger partial charge in [0, 0.05) is 50.9 Å². The molecule has 27 heavy (non-hydrogen) atoms. The molecule has 1 aromatic heterocycles. The molecule has 3 heterocycles. The molecular weight excluding hydrogens is 388 g/mol. The van der Waals surface area contributed by atoms with E-state index >= 15 is 0 Å². The monoisotopic (exact) mass is 410 g/mol. The molecule has 2 aliphatic heterocycles. The van der Waals surface area contributed by atoms with E-state index in [-0.39, 0.29) is 29.1 Å². The summed E-state index contributed by atoms with van der Waals surface area (Å²) >= 11 is 0. The highest BCUT2D eigenvalue weighted by atomic mass is 35.5. The van der Waals surface area contributed by atoms with Crippen LogP contribution in [0.1, 0.15) is 5.56 Å². The van der Waals surface area contributed by atoms with Gasteiger partial charge in [0.2, 0.25) is 15.9 Å². The first-order valence-corrected chi connectivity index (χ1v) is 10.3. The number of sulfonamides is 1. The zero-order valence-electron chi connectivity index (χ0n) is 15.1. The maximum absolute atomic E-state index is 13.1. The molecule has 2 fully saturated rings. The minimum absolute atomic E-state index is 0. The van der Waals surface area contributed by atoms with Gasteiger partial charge in [-0.05, 0) is 24.6 Å². The zero-order valence-corrected chi connectivity index (χ0v) is 16.7. The van der Waals surface area contributed by atoms with E-state index in [0.717, 1.165) is 24.0 Å². The molecule has 0 spiro atoms. The van der Waals surface area contributed by atoms with Gasteiger partial charge in [-0.2, -0.15) is 4.31 Å². The number of benzene rings is 1. The van der Waals surface area contributed by atoms with Crippen molar-refractivity contribution in [3.05, 3.63) is 36.0 Å². The van der Waals surface area contributed by atoms with Gasteiger partial charge in [0.25, 0.3) is 0 Å². The number of hydrogen-bond donors (Lipinski definition) is 1. The summed E-state index contributed by atoms with van der Waals surface area (Å²) < 4.78 is 27.7. The summed E-state index contributed by atoms with van der Waals surface area (Å²) in [4.78, 5) is 18.7. The molecule has 9 heteroatoms. The van der Waals surface area contributed by atoms with Gasteiger partial charge in [-0.1, -0.05) is 12.1 Å². The molecule has 2 aliphatic rings. The average molecular weight is 411 g/mol. The van der Waals surface area contributed by atoms with Crippen LogP contribution in [0.25, 0.3) is 10.9 Å². The van der Waals surface area contributed by atoms with Crippen molar-refractivity contribution < 1.29 is 13.2 Å². The van der Waals surface area contributed by atoms with Crippen LogP contribution in [0, 0.1) is 12.8 Å². The Morgan fingerprint density at radius 3 is 2.52 bits per heavy atom. The Bertz CT molecular complexity index is 954. The number of nitrogens with one attached hydrogen (secondary N) is 1. The number of halogens is 1. The molecule has 7 nitrogen and oxygen atoms in total. The standard InChI is InChI=1S/C18H22N4O3S.ClH/c1-13-9-14-3-2-4-16(17(14)20-10-13)26(24,25)22-7-5-21(6-8-22)18(23)15-11-19-12-15;/h2-4,9-10,15,19H,5-8,11-12H2,1H3;1H. The SMILES string of the molecule is Cc1cnc2c(S(=O)(=O)N3CCN(C(=O)C4CNC4)CC3)cccc2c1.Cl. The van der Waals surface area contributed by atoms with Crippen molar-refractivity contribution >= 4 is 39.2 Å². The fourth-order valence-corrected chi connectivity index (χ4v) is 5.05. The molecule has 0 unspecified atom stereocenters. The van der Waals surface area contributed by atoms with E-state index in [1.165, 1.54) is 4.31 Å². The van der Waals surface area contributed by atoms with Gasteiger partial charge in [0.15, 0.2) is 0 Å². The van der Waals surface area contributed by atoms with Crippen molar-refractivity contribution in [2.75, 3.05) is 39.3 Å². The van der Waals surface area contributed by atoms with E-state index in [0.29, 0.717) is 31.7 Å². The number of aromatic nitrogens is 1. The smallest absolute Gasteiger partial charge is 0.245 e. The van der Waals surface area contributed by atoms with Crippen molar-refractivity contribution in [1.82, 2.24) is 19.5 Å². The fraction of sp³-hybridized carbons (Fsp3) is 0.444. The van der Waals surface area contributed by atoms with Crippen LogP contribution in [0.3, 0.4) is 0 Å². The van der Waals surface area contributed by atoms with Crippen molar-refractivity contribution in [3.8, 4) is 0 Å². The van der Waals surface area contributed by atoms with Crippen LogP contribution < -0.4 is 5.32 Å². The Hall–Kier alpha value is -1.74. The molecule has 4 rings (SSSR count). The summed E-state index contributed by atoms with van der Waals surface area (Å²) in [5.74, 6) is 0.173. The summed E-state index contributed by atoms with van der Waals surface area (Å²) in [7, 11) is -3.64. The Kier molecular flexibility index (Phi) is 5.71. The molecule has 0 radical (unpaired) electrons. The number of rotatable bonds is 3. The molecule has 1 N–H and O–H groups in total. The minimum atomic E-state index is -3.64. The highest BCUT2D eigenvalue weighted by molar-refractivity contribution is 7.89. The highest BCUT2D eigenvalue weighted by Crippen LogP contribution is 2.25. The predicted octanol–water partition coefficient (Wildman–Crippen LogP) is 1.02. The van der Waals surface area contributed by atoms with E-state index < -0.39 is 10.0 Å². The van der Waals surface area contributed by atoms with Crippen LogP contribution in [-0.2, 0) is 14.8 Å². The van der Waals surface area contributed by atoms with Crippen LogP contribution in [0.5, 0.6) is 0 Å². The first-order chi connectivity index (χ1) is 12.5. The normalized spacial score (nSPS) is 18.8.